The molecule has 0 radical (unpaired) electrons. The third kappa shape index (κ3) is 4.00. The highest BCUT2D eigenvalue weighted by Gasteiger charge is 2.13. The Hall–Kier alpha value is -2.18. The van der Waals surface area contributed by atoms with E-state index in [4.69, 9.17) is 5.11 Å². The molecule has 0 aliphatic rings. The summed E-state index contributed by atoms with van der Waals surface area (Å²) in [5.41, 5.74) is -0.307. The predicted molar refractivity (Wildman–Crippen MR) is 62.9 cm³/mol. The van der Waals surface area contributed by atoms with Gasteiger partial charge in [-0.3, -0.25) is 4.79 Å². The molecule has 3 N–H and O–H groups in total. The summed E-state index contributed by atoms with van der Waals surface area (Å²) in [6.45, 7) is 2.35. The number of halogens is 1. The number of hydrogen-bond acceptors (Lipinski definition) is 4. The van der Waals surface area contributed by atoms with Crippen LogP contribution in [0, 0.1) is 5.82 Å². The highest BCUT2D eigenvalue weighted by molar-refractivity contribution is 5.93. The maximum absolute atomic E-state index is 12.8. The lowest BCUT2D eigenvalue weighted by atomic mass is 10.2. The number of carbonyl (C=O) groups excluding carboxylic acids is 1. The Kier molecular flexibility index (Phi) is 5.04. The lowest BCUT2D eigenvalue weighted by Gasteiger charge is -2.08. The number of anilines is 1. The van der Waals surface area contributed by atoms with Crippen LogP contribution < -0.4 is 10.6 Å². The van der Waals surface area contributed by atoms with Crippen molar-refractivity contribution in [2.75, 3.05) is 18.4 Å². The lowest BCUT2D eigenvalue weighted by molar-refractivity contribution is -0.119. The molecule has 0 spiro atoms. The van der Waals surface area contributed by atoms with Gasteiger partial charge in [-0.25, -0.2) is 14.2 Å². The highest BCUT2D eigenvalue weighted by atomic mass is 19.1. The molecule has 0 fully saturated rings. The first-order valence-electron chi connectivity index (χ1n) is 5.44. The second-order valence-corrected chi connectivity index (χ2v) is 3.56. The Morgan fingerprint density at radius 1 is 1.50 bits per heavy atom. The molecule has 18 heavy (non-hydrogen) atoms. The first-order valence-corrected chi connectivity index (χ1v) is 5.44. The second-order valence-electron chi connectivity index (χ2n) is 3.56. The van der Waals surface area contributed by atoms with Crippen molar-refractivity contribution >= 4 is 17.7 Å². The molecule has 0 atom stereocenters. The molecule has 0 aliphatic carbocycles. The van der Waals surface area contributed by atoms with Crippen LogP contribution in [-0.4, -0.2) is 35.1 Å². The molecule has 1 aromatic rings. The zero-order valence-corrected chi connectivity index (χ0v) is 9.86. The molecule has 1 heterocycles. The Balaban J connectivity index is 2.67. The molecule has 0 saturated heterocycles. The van der Waals surface area contributed by atoms with E-state index < -0.39 is 11.8 Å². The average Bonchev–Trinajstić information content (AvgIpc) is 2.34. The van der Waals surface area contributed by atoms with Gasteiger partial charge in [-0.05, 0) is 12.5 Å². The molecule has 1 aromatic heterocycles. The molecular weight excluding hydrogens is 241 g/mol. The van der Waals surface area contributed by atoms with Gasteiger partial charge < -0.3 is 15.7 Å². The van der Waals surface area contributed by atoms with Gasteiger partial charge in [0.05, 0.1) is 12.7 Å². The van der Waals surface area contributed by atoms with E-state index in [1.165, 1.54) is 0 Å². The van der Waals surface area contributed by atoms with Crippen molar-refractivity contribution < 1.29 is 19.1 Å². The zero-order valence-electron chi connectivity index (χ0n) is 9.86. The van der Waals surface area contributed by atoms with Crippen LogP contribution in [-0.2, 0) is 4.79 Å². The summed E-state index contributed by atoms with van der Waals surface area (Å²) in [7, 11) is 0. The quantitative estimate of drug-likeness (QED) is 0.701. The molecule has 98 valence electrons. The number of nitrogens with zero attached hydrogens (tertiary/aromatic N) is 1. The van der Waals surface area contributed by atoms with Gasteiger partial charge in [0, 0.05) is 6.54 Å². The molecule has 0 aliphatic heterocycles. The van der Waals surface area contributed by atoms with E-state index in [0.29, 0.717) is 6.54 Å². The molecule has 0 aromatic carbocycles. The SMILES string of the molecule is CCCNC(=O)CNc1ncc(F)cc1C(=O)O. The van der Waals surface area contributed by atoms with Gasteiger partial charge in [0.25, 0.3) is 0 Å². The van der Waals surface area contributed by atoms with Gasteiger partial charge in [-0.2, -0.15) is 0 Å². The van der Waals surface area contributed by atoms with Gasteiger partial charge in [-0.15, -0.1) is 0 Å². The summed E-state index contributed by atoms with van der Waals surface area (Å²) < 4.78 is 12.8. The van der Waals surface area contributed by atoms with Crippen LogP contribution in [0.3, 0.4) is 0 Å². The number of carboxylic acid groups (broad SMARTS) is 1. The number of nitrogens with one attached hydrogen (secondary N) is 2. The van der Waals surface area contributed by atoms with Gasteiger partial charge in [-0.1, -0.05) is 6.92 Å². The molecule has 7 heteroatoms. The predicted octanol–water partition coefficient (Wildman–Crippen LogP) is 0.857. The topological polar surface area (TPSA) is 91.3 Å². The lowest BCUT2D eigenvalue weighted by Crippen LogP contribution is -2.30. The van der Waals surface area contributed by atoms with Crippen molar-refractivity contribution in [3.63, 3.8) is 0 Å². The van der Waals surface area contributed by atoms with E-state index in [2.05, 4.69) is 15.6 Å². The Morgan fingerprint density at radius 2 is 2.22 bits per heavy atom. The molecule has 1 amide bonds. The fourth-order valence-corrected chi connectivity index (χ4v) is 1.23. The average molecular weight is 255 g/mol. The fourth-order valence-electron chi connectivity index (χ4n) is 1.23. The summed E-state index contributed by atoms with van der Waals surface area (Å²) in [5, 5.41) is 14.0. The van der Waals surface area contributed by atoms with Gasteiger partial charge in [0.2, 0.25) is 5.91 Å². The van der Waals surface area contributed by atoms with Crippen LogP contribution in [0.15, 0.2) is 12.3 Å². The second kappa shape index (κ2) is 6.53. The number of carbonyl (C=O) groups is 2. The minimum absolute atomic E-state index is 0.0319. The number of carboxylic acids is 1. The van der Waals surface area contributed by atoms with Crippen molar-refractivity contribution in [1.29, 1.82) is 0 Å². The van der Waals surface area contributed by atoms with E-state index in [9.17, 15) is 14.0 Å². The summed E-state index contributed by atoms with van der Waals surface area (Å²) in [6.07, 6.45) is 1.69. The standard InChI is InChI=1S/C11H14FN3O3/c1-2-3-13-9(16)6-15-10-8(11(17)18)4-7(12)5-14-10/h4-5H,2-3,6H2,1H3,(H,13,16)(H,14,15)(H,17,18). The third-order valence-electron chi connectivity index (χ3n) is 2.07. The van der Waals surface area contributed by atoms with Crippen LogP contribution in [0.2, 0.25) is 0 Å². The van der Waals surface area contributed by atoms with Gasteiger partial charge >= 0.3 is 5.97 Å². The van der Waals surface area contributed by atoms with Crippen LogP contribution in [0.25, 0.3) is 0 Å². The smallest absolute Gasteiger partial charge is 0.339 e. The molecule has 6 nitrogen and oxygen atoms in total. The van der Waals surface area contributed by atoms with E-state index in [1.807, 2.05) is 6.92 Å². The Morgan fingerprint density at radius 3 is 2.83 bits per heavy atom. The molecule has 0 unspecified atom stereocenters. The number of aromatic carboxylic acids is 1. The van der Waals surface area contributed by atoms with Gasteiger partial charge in [0.1, 0.15) is 17.2 Å². The Labute approximate surface area is 103 Å². The number of rotatable bonds is 6. The molecule has 0 bridgehead atoms. The van der Waals surface area contributed by atoms with E-state index in [0.717, 1.165) is 18.7 Å². The minimum atomic E-state index is -1.31. The van der Waals surface area contributed by atoms with Crippen LogP contribution in [0.1, 0.15) is 23.7 Å². The number of amides is 1. The summed E-state index contributed by atoms with van der Waals surface area (Å²) in [4.78, 5) is 25.7. The largest absolute Gasteiger partial charge is 0.478 e. The zero-order chi connectivity index (χ0) is 13.5. The highest BCUT2D eigenvalue weighted by Crippen LogP contribution is 2.13. The van der Waals surface area contributed by atoms with E-state index in [-0.39, 0.29) is 23.8 Å². The first-order chi connectivity index (χ1) is 8.54. The minimum Gasteiger partial charge on any atom is -0.478 e. The number of hydrogen-bond donors (Lipinski definition) is 3. The van der Waals surface area contributed by atoms with Crippen molar-refractivity contribution in [2.24, 2.45) is 0 Å². The van der Waals surface area contributed by atoms with E-state index in [1.54, 1.807) is 0 Å². The van der Waals surface area contributed by atoms with Crippen molar-refractivity contribution in [2.45, 2.75) is 13.3 Å². The van der Waals surface area contributed by atoms with Crippen LogP contribution in [0.5, 0.6) is 0 Å². The first kappa shape index (κ1) is 13.9. The fraction of sp³-hybridized carbons (Fsp3) is 0.364. The van der Waals surface area contributed by atoms with Crippen molar-refractivity contribution in [3.05, 3.63) is 23.6 Å². The maximum atomic E-state index is 12.8. The normalized spacial score (nSPS) is 9.89. The van der Waals surface area contributed by atoms with E-state index >= 15 is 0 Å². The van der Waals surface area contributed by atoms with Gasteiger partial charge in [0.15, 0.2) is 0 Å². The van der Waals surface area contributed by atoms with Crippen molar-refractivity contribution in [3.8, 4) is 0 Å². The number of aromatic nitrogens is 1. The number of pyridine rings is 1. The molecule has 0 saturated carbocycles. The van der Waals surface area contributed by atoms with Crippen LogP contribution >= 0.6 is 0 Å². The molecule has 1 rings (SSSR count). The Bertz CT molecular complexity index is 451. The molecular formula is C11H14FN3O3. The van der Waals surface area contributed by atoms with Crippen LogP contribution in [0.4, 0.5) is 10.2 Å². The summed E-state index contributed by atoms with van der Waals surface area (Å²) in [5.74, 6) is -2.36. The third-order valence-corrected chi connectivity index (χ3v) is 2.07. The summed E-state index contributed by atoms with van der Waals surface area (Å²) >= 11 is 0. The monoisotopic (exact) mass is 255 g/mol. The maximum Gasteiger partial charge on any atom is 0.339 e. The van der Waals surface area contributed by atoms with Crippen molar-refractivity contribution in [1.82, 2.24) is 10.3 Å². The summed E-state index contributed by atoms with van der Waals surface area (Å²) in [6, 6.07) is 0.849.